The van der Waals surface area contributed by atoms with Crippen LogP contribution >= 0.6 is 11.8 Å². The normalized spacial score (nSPS) is 22.9. The number of benzene rings is 1. The van der Waals surface area contributed by atoms with Gasteiger partial charge in [-0.1, -0.05) is 42.1 Å². The van der Waals surface area contributed by atoms with E-state index in [1.807, 2.05) is 37.3 Å². The van der Waals surface area contributed by atoms with Gasteiger partial charge in [-0.15, -0.1) is 5.10 Å². The highest BCUT2D eigenvalue weighted by atomic mass is 32.2. The Balaban J connectivity index is 2.00. The first-order valence-corrected chi connectivity index (χ1v) is 5.77. The lowest BCUT2D eigenvalue weighted by Crippen LogP contribution is -2.23. The van der Waals surface area contributed by atoms with Crippen molar-refractivity contribution in [1.82, 2.24) is 5.32 Å². The van der Waals surface area contributed by atoms with E-state index in [2.05, 4.69) is 15.5 Å². The minimum Gasteiger partial charge on any atom is -0.303 e. The smallest absolute Gasteiger partial charge is 0.239 e. The highest BCUT2D eigenvalue weighted by Crippen LogP contribution is 2.18. The average Bonchev–Trinajstić information content (AvgIpc) is 2.60. The van der Waals surface area contributed by atoms with Gasteiger partial charge in [-0.2, -0.15) is 5.10 Å². The fourth-order valence-electron chi connectivity index (χ4n) is 1.19. The summed E-state index contributed by atoms with van der Waals surface area (Å²) in [5.74, 6) is -0.0151. The Morgan fingerprint density at radius 2 is 2.12 bits per heavy atom. The van der Waals surface area contributed by atoms with Crippen molar-refractivity contribution in [3.05, 3.63) is 35.9 Å². The molecule has 0 unspecified atom stereocenters. The van der Waals surface area contributed by atoms with E-state index in [4.69, 9.17) is 0 Å². The van der Waals surface area contributed by atoms with Crippen molar-refractivity contribution >= 4 is 29.1 Å². The third-order valence-electron chi connectivity index (χ3n) is 2.04. The number of hydrogen-bond acceptors (Lipinski definition) is 4. The lowest BCUT2D eigenvalue weighted by molar-refractivity contribution is -0.118. The van der Waals surface area contributed by atoms with Gasteiger partial charge in [-0.3, -0.25) is 4.79 Å². The molecule has 0 spiro atoms. The molecule has 1 aromatic rings. The summed E-state index contributed by atoms with van der Waals surface area (Å²) in [6.07, 6.45) is 1.66. The molecule has 16 heavy (non-hydrogen) atoms. The molecule has 1 amide bonds. The lowest BCUT2D eigenvalue weighted by atomic mass is 10.2. The van der Waals surface area contributed by atoms with Crippen LogP contribution in [0.4, 0.5) is 0 Å². The Morgan fingerprint density at radius 1 is 1.38 bits per heavy atom. The van der Waals surface area contributed by atoms with Crippen LogP contribution in [0.15, 0.2) is 40.5 Å². The van der Waals surface area contributed by atoms with Gasteiger partial charge in [-0.25, -0.2) is 0 Å². The van der Waals surface area contributed by atoms with Gasteiger partial charge in [0.25, 0.3) is 0 Å². The summed E-state index contributed by atoms with van der Waals surface area (Å²) in [5.41, 5.74) is 0.981. The maximum absolute atomic E-state index is 11.2. The van der Waals surface area contributed by atoms with Gasteiger partial charge in [0.05, 0.1) is 11.5 Å². The first kappa shape index (κ1) is 10.9. The molecular formula is C11H11N3OS. The largest absolute Gasteiger partial charge is 0.303 e. The van der Waals surface area contributed by atoms with E-state index in [0.29, 0.717) is 5.17 Å². The Labute approximate surface area is 97.8 Å². The number of nitrogens with zero attached hydrogens (tertiary/aromatic N) is 2. The van der Waals surface area contributed by atoms with Crippen LogP contribution in [-0.4, -0.2) is 22.5 Å². The van der Waals surface area contributed by atoms with Crippen molar-refractivity contribution in [3.8, 4) is 0 Å². The zero-order chi connectivity index (χ0) is 11.4. The van der Waals surface area contributed by atoms with Gasteiger partial charge < -0.3 is 5.32 Å². The van der Waals surface area contributed by atoms with Crippen LogP contribution in [0.2, 0.25) is 0 Å². The number of thioether (sulfide) groups is 1. The average molecular weight is 233 g/mol. The van der Waals surface area contributed by atoms with E-state index in [9.17, 15) is 4.79 Å². The molecule has 1 atom stereocenters. The van der Waals surface area contributed by atoms with Crippen molar-refractivity contribution in [2.45, 2.75) is 12.2 Å². The summed E-state index contributed by atoms with van der Waals surface area (Å²) in [6, 6.07) is 9.68. The van der Waals surface area contributed by atoms with Crippen LogP contribution in [0.3, 0.4) is 0 Å². The third-order valence-corrected chi connectivity index (χ3v) is 3.02. The molecule has 1 saturated heterocycles. The minimum atomic E-state index is -0.0781. The van der Waals surface area contributed by atoms with Crippen LogP contribution < -0.4 is 5.32 Å². The van der Waals surface area contributed by atoms with Crippen LogP contribution in [0.25, 0.3) is 0 Å². The van der Waals surface area contributed by atoms with Crippen LogP contribution in [0.5, 0.6) is 0 Å². The van der Waals surface area contributed by atoms with Gasteiger partial charge in [0.2, 0.25) is 5.91 Å². The molecule has 1 N–H and O–H groups in total. The van der Waals surface area contributed by atoms with Crippen LogP contribution in [0, 0.1) is 0 Å². The molecule has 0 radical (unpaired) electrons. The highest BCUT2D eigenvalue weighted by molar-refractivity contribution is 8.15. The van der Waals surface area contributed by atoms with Crippen molar-refractivity contribution in [3.63, 3.8) is 0 Å². The first-order chi connectivity index (χ1) is 7.75. The van der Waals surface area contributed by atoms with Crippen molar-refractivity contribution in [2.24, 2.45) is 10.2 Å². The Bertz CT molecular complexity index is 442. The standard InChI is InChI=1S/C11H11N3OS/c1-8-10(15)13-11(16-8)14-12-7-9-5-3-2-4-6-9/h2-8H,1H3,(H,13,14,15)/b12-7+/t8-/m0/s1. The molecule has 0 bridgehead atoms. The monoisotopic (exact) mass is 233 g/mol. The number of hydrogen-bond donors (Lipinski definition) is 1. The van der Waals surface area contributed by atoms with E-state index in [0.717, 1.165) is 5.56 Å². The summed E-state index contributed by atoms with van der Waals surface area (Å²) in [6.45, 7) is 1.84. The Kier molecular flexibility index (Phi) is 3.36. The Hall–Kier alpha value is -1.62. The van der Waals surface area contributed by atoms with E-state index in [1.165, 1.54) is 11.8 Å². The van der Waals surface area contributed by atoms with Gasteiger partial charge in [0.15, 0.2) is 5.17 Å². The zero-order valence-electron chi connectivity index (χ0n) is 8.75. The fraction of sp³-hybridized carbons (Fsp3) is 0.182. The van der Waals surface area contributed by atoms with E-state index in [1.54, 1.807) is 6.21 Å². The maximum Gasteiger partial charge on any atom is 0.239 e. The number of amides is 1. The van der Waals surface area contributed by atoms with Crippen molar-refractivity contribution in [2.75, 3.05) is 0 Å². The number of carbonyl (C=O) groups is 1. The molecule has 1 aliphatic heterocycles. The molecule has 0 aliphatic carbocycles. The van der Waals surface area contributed by atoms with Crippen LogP contribution in [-0.2, 0) is 4.79 Å². The second-order valence-corrected chi connectivity index (χ2v) is 4.64. The summed E-state index contributed by atoms with van der Waals surface area (Å²) >= 11 is 1.38. The van der Waals surface area contributed by atoms with Gasteiger partial charge in [-0.05, 0) is 12.5 Å². The maximum atomic E-state index is 11.2. The van der Waals surface area contributed by atoms with E-state index >= 15 is 0 Å². The number of rotatable bonds is 2. The van der Waals surface area contributed by atoms with Crippen molar-refractivity contribution < 1.29 is 4.79 Å². The van der Waals surface area contributed by atoms with Gasteiger partial charge in [0.1, 0.15) is 0 Å². The molecule has 5 heteroatoms. The predicted octanol–water partition coefficient (Wildman–Crippen LogP) is 1.63. The van der Waals surface area contributed by atoms with Crippen molar-refractivity contribution in [1.29, 1.82) is 0 Å². The molecule has 4 nitrogen and oxygen atoms in total. The predicted molar refractivity (Wildman–Crippen MR) is 66.7 cm³/mol. The molecule has 82 valence electrons. The first-order valence-electron chi connectivity index (χ1n) is 4.89. The zero-order valence-corrected chi connectivity index (χ0v) is 9.57. The second-order valence-electron chi connectivity index (χ2n) is 3.31. The number of nitrogens with one attached hydrogen (secondary N) is 1. The minimum absolute atomic E-state index is 0.0151. The van der Waals surface area contributed by atoms with Gasteiger partial charge in [0, 0.05) is 0 Å². The summed E-state index contributed by atoms with van der Waals surface area (Å²) in [5, 5.41) is 11.0. The van der Waals surface area contributed by atoms with E-state index in [-0.39, 0.29) is 11.2 Å². The molecule has 1 heterocycles. The molecule has 1 aliphatic rings. The molecular weight excluding hydrogens is 222 g/mol. The highest BCUT2D eigenvalue weighted by Gasteiger charge is 2.25. The van der Waals surface area contributed by atoms with Crippen LogP contribution in [0.1, 0.15) is 12.5 Å². The molecule has 0 aromatic heterocycles. The third kappa shape index (κ3) is 2.70. The second kappa shape index (κ2) is 4.94. The lowest BCUT2D eigenvalue weighted by Gasteiger charge is -1.90. The topological polar surface area (TPSA) is 53.8 Å². The van der Waals surface area contributed by atoms with E-state index < -0.39 is 0 Å². The van der Waals surface area contributed by atoms with Gasteiger partial charge >= 0.3 is 0 Å². The molecule has 1 fully saturated rings. The SMILES string of the molecule is C[C@@H]1S/C(=N\N=C\c2ccccc2)NC1=O. The summed E-state index contributed by atoms with van der Waals surface area (Å²) in [7, 11) is 0. The quantitative estimate of drug-likeness (QED) is 0.623. The fourth-order valence-corrected chi connectivity index (χ4v) is 1.95. The molecule has 2 rings (SSSR count). The summed E-state index contributed by atoms with van der Waals surface area (Å²) in [4.78, 5) is 11.2. The molecule has 1 aromatic carbocycles. The Morgan fingerprint density at radius 3 is 2.75 bits per heavy atom. The summed E-state index contributed by atoms with van der Waals surface area (Å²) < 4.78 is 0. The molecule has 0 saturated carbocycles. The number of amidine groups is 1. The number of carbonyl (C=O) groups excluding carboxylic acids is 1.